The van der Waals surface area contributed by atoms with Crippen LogP contribution < -0.4 is 4.74 Å². The maximum absolute atomic E-state index is 12.7. The summed E-state index contributed by atoms with van der Waals surface area (Å²) in [6, 6.07) is 10.9. The summed E-state index contributed by atoms with van der Waals surface area (Å²) in [5, 5.41) is 0.321. The van der Waals surface area contributed by atoms with E-state index in [-0.39, 0.29) is 24.3 Å². The highest BCUT2D eigenvalue weighted by Crippen LogP contribution is 2.35. The summed E-state index contributed by atoms with van der Waals surface area (Å²) in [5.74, 6) is 2.86. The van der Waals surface area contributed by atoms with E-state index in [1.807, 2.05) is 12.1 Å². The van der Waals surface area contributed by atoms with E-state index >= 15 is 0 Å². The van der Waals surface area contributed by atoms with Crippen LogP contribution in [0.15, 0.2) is 41.3 Å². The zero-order valence-corrected chi connectivity index (χ0v) is 20.1. The zero-order chi connectivity index (χ0) is 20.3. The third-order valence-corrected chi connectivity index (χ3v) is 6.51. The summed E-state index contributed by atoms with van der Waals surface area (Å²) >= 11 is 11.1. The number of hydrogen-bond donors (Lipinski definition) is 0. The standard InChI is InChI=1S/C20H12ClI2NO3S/c1-2-7-27-18-15(22)8-13(9-16(18)23)10-17-19(25)24(20(26)28-17)11-12-3-5-14(21)6-4-12/h1,3-6,8-10H,7,11H2/b17-10-. The summed E-state index contributed by atoms with van der Waals surface area (Å²) in [7, 11) is 0. The first kappa shape index (κ1) is 21.5. The van der Waals surface area contributed by atoms with Crippen molar-refractivity contribution in [1.29, 1.82) is 0 Å². The van der Waals surface area contributed by atoms with Crippen LogP contribution in [-0.4, -0.2) is 22.7 Å². The molecule has 1 fully saturated rings. The Hall–Kier alpha value is -1.22. The van der Waals surface area contributed by atoms with Gasteiger partial charge in [0.05, 0.1) is 18.6 Å². The summed E-state index contributed by atoms with van der Waals surface area (Å²) in [6.07, 6.45) is 6.97. The first-order valence-corrected chi connectivity index (χ1v) is 11.3. The van der Waals surface area contributed by atoms with Gasteiger partial charge in [-0.05, 0) is 98.4 Å². The summed E-state index contributed by atoms with van der Waals surface area (Å²) in [5.41, 5.74) is 1.66. The number of ether oxygens (including phenoxy) is 1. The molecule has 2 aromatic rings. The lowest BCUT2D eigenvalue weighted by Crippen LogP contribution is -2.27. The van der Waals surface area contributed by atoms with Crippen molar-refractivity contribution in [1.82, 2.24) is 4.90 Å². The molecule has 142 valence electrons. The van der Waals surface area contributed by atoms with Gasteiger partial charge in [0.1, 0.15) is 12.4 Å². The van der Waals surface area contributed by atoms with Crippen molar-refractivity contribution in [3.63, 3.8) is 0 Å². The molecule has 0 atom stereocenters. The van der Waals surface area contributed by atoms with Crippen LogP contribution in [-0.2, 0) is 11.3 Å². The van der Waals surface area contributed by atoms with E-state index in [1.165, 1.54) is 4.90 Å². The van der Waals surface area contributed by atoms with E-state index in [1.54, 1.807) is 30.3 Å². The lowest BCUT2D eigenvalue weighted by atomic mass is 10.2. The van der Waals surface area contributed by atoms with Crippen LogP contribution in [0.3, 0.4) is 0 Å². The van der Waals surface area contributed by atoms with Gasteiger partial charge in [-0.3, -0.25) is 14.5 Å². The van der Waals surface area contributed by atoms with Crippen LogP contribution >= 0.6 is 68.5 Å². The zero-order valence-electron chi connectivity index (χ0n) is 14.2. The molecule has 0 spiro atoms. The molecule has 4 nitrogen and oxygen atoms in total. The molecule has 1 saturated heterocycles. The van der Waals surface area contributed by atoms with Crippen LogP contribution in [0.4, 0.5) is 4.79 Å². The first-order chi connectivity index (χ1) is 13.4. The lowest BCUT2D eigenvalue weighted by Gasteiger charge is -2.12. The SMILES string of the molecule is C#CCOc1c(I)cc(/C=C2\SC(=O)N(Cc3ccc(Cl)cc3)C2=O)cc1I. The number of benzene rings is 2. The van der Waals surface area contributed by atoms with Crippen LogP contribution in [0.5, 0.6) is 5.75 Å². The number of carbonyl (C=O) groups is 2. The number of rotatable bonds is 5. The van der Waals surface area contributed by atoms with Gasteiger partial charge in [-0.15, -0.1) is 6.42 Å². The molecule has 0 aromatic heterocycles. The number of halogens is 3. The van der Waals surface area contributed by atoms with E-state index in [2.05, 4.69) is 51.1 Å². The van der Waals surface area contributed by atoms with Gasteiger partial charge >= 0.3 is 0 Å². The average molecular weight is 636 g/mol. The third-order valence-electron chi connectivity index (χ3n) is 3.75. The molecule has 28 heavy (non-hydrogen) atoms. The highest BCUT2D eigenvalue weighted by atomic mass is 127. The number of terminal acetylenes is 1. The van der Waals surface area contributed by atoms with Gasteiger partial charge in [-0.25, -0.2) is 0 Å². The number of amides is 2. The fourth-order valence-electron chi connectivity index (χ4n) is 2.47. The Morgan fingerprint density at radius 2 is 1.82 bits per heavy atom. The van der Waals surface area contributed by atoms with Crippen molar-refractivity contribution < 1.29 is 14.3 Å². The summed E-state index contributed by atoms with van der Waals surface area (Å²) in [6.45, 7) is 0.405. The quantitative estimate of drug-likeness (QED) is 0.237. The number of hydrogen-bond acceptors (Lipinski definition) is 4. The molecule has 0 unspecified atom stereocenters. The molecular formula is C20H12ClI2NO3S. The molecule has 2 aromatic carbocycles. The van der Waals surface area contributed by atoms with Crippen molar-refractivity contribution in [2.45, 2.75) is 6.54 Å². The minimum atomic E-state index is -0.303. The molecule has 0 radical (unpaired) electrons. The van der Waals surface area contributed by atoms with Gasteiger partial charge in [-0.2, -0.15) is 0 Å². The molecule has 1 aliphatic heterocycles. The second kappa shape index (κ2) is 9.52. The largest absolute Gasteiger partial charge is 0.479 e. The lowest BCUT2D eigenvalue weighted by molar-refractivity contribution is -0.123. The van der Waals surface area contributed by atoms with E-state index < -0.39 is 0 Å². The molecule has 2 amide bonds. The van der Waals surface area contributed by atoms with Crippen molar-refractivity contribution in [2.75, 3.05) is 6.61 Å². The van der Waals surface area contributed by atoms with Crippen molar-refractivity contribution in [3.8, 4) is 18.1 Å². The predicted molar refractivity (Wildman–Crippen MR) is 129 cm³/mol. The molecule has 1 aliphatic rings. The first-order valence-electron chi connectivity index (χ1n) is 7.94. The molecule has 8 heteroatoms. The third kappa shape index (κ3) is 5.03. The minimum Gasteiger partial charge on any atom is -0.479 e. The molecule has 0 N–H and O–H groups in total. The van der Waals surface area contributed by atoms with Crippen molar-refractivity contribution >= 4 is 85.8 Å². The van der Waals surface area contributed by atoms with Crippen LogP contribution in [0.2, 0.25) is 5.02 Å². The Morgan fingerprint density at radius 1 is 1.18 bits per heavy atom. The smallest absolute Gasteiger partial charge is 0.293 e. The molecule has 1 heterocycles. The Balaban J connectivity index is 1.81. The van der Waals surface area contributed by atoms with E-state index in [4.69, 9.17) is 22.8 Å². The Labute approximate surface area is 199 Å². The van der Waals surface area contributed by atoms with Crippen LogP contribution in [0.25, 0.3) is 6.08 Å². The molecule has 0 bridgehead atoms. The number of nitrogens with zero attached hydrogens (tertiary/aromatic N) is 1. The molecule has 0 aliphatic carbocycles. The number of carbonyl (C=O) groups excluding carboxylic acids is 2. The molecule has 0 saturated carbocycles. The predicted octanol–water partition coefficient (Wildman–Crippen LogP) is 5.80. The highest BCUT2D eigenvalue weighted by Gasteiger charge is 2.35. The van der Waals surface area contributed by atoms with Crippen LogP contribution in [0.1, 0.15) is 11.1 Å². The van der Waals surface area contributed by atoms with Gasteiger partial charge < -0.3 is 4.74 Å². The van der Waals surface area contributed by atoms with Crippen LogP contribution in [0, 0.1) is 19.5 Å². The van der Waals surface area contributed by atoms with E-state index in [0.717, 1.165) is 30.0 Å². The maximum atomic E-state index is 12.7. The molecule has 3 rings (SSSR count). The van der Waals surface area contributed by atoms with Gasteiger partial charge in [0.2, 0.25) is 0 Å². The van der Waals surface area contributed by atoms with Gasteiger partial charge in [0.15, 0.2) is 0 Å². The average Bonchev–Trinajstić information content (AvgIpc) is 2.90. The van der Waals surface area contributed by atoms with Crippen molar-refractivity contribution in [3.05, 3.63) is 64.6 Å². The topological polar surface area (TPSA) is 46.6 Å². The Bertz CT molecular complexity index is 992. The van der Waals surface area contributed by atoms with Crippen molar-refractivity contribution in [2.24, 2.45) is 0 Å². The Kier molecular flexibility index (Phi) is 7.31. The normalized spacial score (nSPS) is 15.2. The maximum Gasteiger partial charge on any atom is 0.293 e. The minimum absolute atomic E-state index is 0.189. The number of thioether (sulfide) groups is 1. The van der Waals surface area contributed by atoms with Gasteiger partial charge in [0, 0.05) is 5.02 Å². The summed E-state index contributed by atoms with van der Waals surface area (Å²) < 4.78 is 7.32. The highest BCUT2D eigenvalue weighted by molar-refractivity contribution is 14.1. The van der Waals surface area contributed by atoms with Gasteiger partial charge in [-0.1, -0.05) is 29.7 Å². The second-order valence-electron chi connectivity index (χ2n) is 5.70. The monoisotopic (exact) mass is 635 g/mol. The van der Waals surface area contributed by atoms with Gasteiger partial charge in [0.25, 0.3) is 11.1 Å². The summed E-state index contributed by atoms with van der Waals surface area (Å²) in [4.78, 5) is 26.7. The van der Waals surface area contributed by atoms with E-state index in [9.17, 15) is 9.59 Å². The van der Waals surface area contributed by atoms with E-state index in [0.29, 0.717) is 15.7 Å². The fourth-order valence-corrected chi connectivity index (χ4v) is 5.57. The Morgan fingerprint density at radius 3 is 2.43 bits per heavy atom. The second-order valence-corrected chi connectivity index (χ2v) is 9.45. The molecular weight excluding hydrogens is 624 g/mol. The fraction of sp³-hybridized carbons (Fsp3) is 0.100. The number of imide groups is 1.